The molecular weight excluding hydrogens is 414 g/mol. The minimum atomic E-state index is 0.959. The number of nitrogens with one attached hydrogen (secondary N) is 1. The van der Waals surface area contributed by atoms with Gasteiger partial charge in [-0.15, -0.1) is 6.58 Å². The highest BCUT2D eigenvalue weighted by Crippen LogP contribution is 2.20. The molecule has 0 radical (unpaired) electrons. The smallest absolute Gasteiger partial charge is 0.0636 e. The van der Waals surface area contributed by atoms with Crippen molar-refractivity contribution in [3.63, 3.8) is 0 Å². The lowest BCUT2D eigenvalue weighted by atomic mass is 10.0. The summed E-state index contributed by atoms with van der Waals surface area (Å²) in [7, 11) is 1.60. The molecule has 0 saturated heterocycles. The van der Waals surface area contributed by atoms with Gasteiger partial charge in [0.15, 0.2) is 0 Å². The van der Waals surface area contributed by atoms with Crippen molar-refractivity contribution >= 4 is 11.8 Å². The molecule has 34 heavy (non-hydrogen) atoms. The third kappa shape index (κ3) is 14.9. The topological polar surface area (TPSA) is 21.3 Å². The standard InChI is InChI=1S/C11H15NO.C9H10.C8H10.2C2H6/c1-5-10-7-11(12-13-4)6-8(2)9(10)3;1-2-6-9-7-4-3-5-8-9;1-2-8-6-4-3-5-7-8;2*1-2/h5-7,12H,1H2,2-4H3;2-5,7-8H,1,6H2;3-7H,2H2,1H3;2*1-2H3. The van der Waals surface area contributed by atoms with Crippen molar-refractivity contribution < 1.29 is 4.84 Å². The van der Waals surface area contributed by atoms with Gasteiger partial charge in [-0.2, -0.15) is 0 Å². The van der Waals surface area contributed by atoms with Crippen molar-refractivity contribution in [1.82, 2.24) is 0 Å². The summed E-state index contributed by atoms with van der Waals surface area (Å²) < 4.78 is 0. The van der Waals surface area contributed by atoms with Crippen LogP contribution in [0.25, 0.3) is 6.08 Å². The van der Waals surface area contributed by atoms with Crippen molar-refractivity contribution in [2.75, 3.05) is 12.6 Å². The van der Waals surface area contributed by atoms with Crippen molar-refractivity contribution in [2.24, 2.45) is 0 Å². The zero-order valence-corrected chi connectivity index (χ0v) is 22.8. The van der Waals surface area contributed by atoms with Crippen molar-refractivity contribution in [3.8, 4) is 0 Å². The molecule has 3 rings (SSSR count). The molecule has 1 N–H and O–H groups in total. The highest BCUT2D eigenvalue weighted by molar-refractivity contribution is 5.61. The molecule has 0 fully saturated rings. The Morgan fingerprint density at radius 3 is 1.68 bits per heavy atom. The number of benzene rings is 3. The summed E-state index contributed by atoms with van der Waals surface area (Å²) in [5.74, 6) is 0. The Bertz CT molecular complexity index is 870. The highest BCUT2D eigenvalue weighted by Gasteiger charge is 2.00. The minimum Gasteiger partial charge on any atom is -0.279 e. The molecule has 0 spiro atoms. The first kappa shape index (κ1) is 33.1. The van der Waals surface area contributed by atoms with Gasteiger partial charge in [-0.05, 0) is 66.6 Å². The van der Waals surface area contributed by atoms with Crippen molar-refractivity contribution in [3.05, 3.63) is 120 Å². The van der Waals surface area contributed by atoms with Gasteiger partial charge in [-0.25, -0.2) is 0 Å². The van der Waals surface area contributed by atoms with Crippen LogP contribution in [0.1, 0.15) is 62.4 Å². The quantitative estimate of drug-likeness (QED) is 0.291. The average Bonchev–Trinajstić information content (AvgIpc) is 2.90. The lowest BCUT2D eigenvalue weighted by molar-refractivity contribution is 0.271. The van der Waals surface area contributed by atoms with Gasteiger partial charge in [0.1, 0.15) is 0 Å². The molecule has 0 amide bonds. The van der Waals surface area contributed by atoms with E-state index in [-0.39, 0.29) is 0 Å². The molecule has 0 aromatic heterocycles. The second kappa shape index (κ2) is 23.1. The van der Waals surface area contributed by atoms with Crippen LogP contribution in [0.3, 0.4) is 0 Å². The summed E-state index contributed by atoms with van der Waals surface area (Å²) >= 11 is 0. The first-order valence-corrected chi connectivity index (χ1v) is 12.3. The fourth-order valence-electron chi connectivity index (χ4n) is 2.77. The SMILES string of the molecule is C=CCc1ccccc1.C=Cc1cc(NOC)cc(C)c1C.CC.CC.CCc1ccccc1. The normalized spacial score (nSPS) is 8.59. The van der Waals surface area contributed by atoms with Crippen LogP contribution in [0.15, 0.2) is 92.0 Å². The summed E-state index contributed by atoms with van der Waals surface area (Å²) in [5, 5.41) is 0. The third-order valence-electron chi connectivity index (χ3n) is 4.62. The van der Waals surface area contributed by atoms with Crippen LogP contribution in [-0.4, -0.2) is 7.11 Å². The first-order valence-electron chi connectivity index (χ1n) is 12.3. The second-order valence-electron chi connectivity index (χ2n) is 6.84. The Kier molecular flexibility index (Phi) is 22.4. The summed E-state index contributed by atoms with van der Waals surface area (Å²) in [6.45, 7) is 21.7. The van der Waals surface area contributed by atoms with Gasteiger partial charge >= 0.3 is 0 Å². The highest BCUT2D eigenvalue weighted by atomic mass is 16.6. The fourth-order valence-corrected chi connectivity index (χ4v) is 2.77. The molecule has 0 atom stereocenters. The van der Waals surface area contributed by atoms with Crippen LogP contribution in [0, 0.1) is 13.8 Å². The molecule has 3 aromatic carbocycles. The second-order valence-corrected chi connectivity index (χ2v) is 6.84. The first-order chi connectivity index (χ1) is 16.5. The maximum absolute atomic E-state index is 4.84. The molecule has 186 valence electrons. The van der Waals surface area contributed by atoms with E-state index in [9.17, 15) is 0 Å². The van der Waals surface area contributed by atoms with E-state index in [1.54, 1.807) is 7.11 Å². The molecule has 0 heterocycles. The zero-order valence-electron chi connectivity index (χ0n) is 22.8. The number of allylic oxidation sites excluding steroid dienone is 1. The predicted molar refractivity (Wildman–Crippen MR) is 155 cm³/mol. The maximum atomic E-state index is 4.84. The Morgan fingerprint density at radius 1 is 0.794 bits per heavy atom. The lowest BCUT2D eigenvalue weighted by Crippen LogP contribution is -1.97. The molecule has 3 aromatic rings. The van der Waals surface area contributed by atoms with E-state index in [1.165, 1.54) is 22.3 Å². The molecule has 0 saturated carbocycles. The average molecular weight is 462 g/mol. The zero-order chi connectivity index (χ0) is 26.2. The van der Waals surface area contributed by atoms with Gasteiger partial charge < -0.3 is 0 Å². The summed E-state index contributed by atoms with van der Waals surface area (Å²) in [4.78, 5) is 4.84. The van der Waals surface area contributed by atoms with E-state index < -0.39 is 0 Å². The fraction of sp³-hybridized carbons (Fsp3) is 0.312. The number of rotatable bonds is 6. The lowest BCUT2D eigenvalue weighted by Gasteiger charge is -2.09. The molecule has 0 aliphatic carbocycles. The van der Waals surface area contributed by atoms with E-state index >= 15 is 0 Å². The summed E-state index contributed by atoms with van der Waals surface area (Å²) in [5.41, 5.74) is 10.1. The molecule has 2 nitrogen and oxygen atoms in total. The monoisotopic (exact) mass is 461 g/mol. The van der Waals surface area contributed by atoms with Crippen LogP contribution in [-0.2, 0) is 17.7 Å². The van der Waals surface area contributed by atoms with Gasteiger partial charge in [0, 0.05) is 0 Å². The number of aryl methyl sites for hydroxylation is 2. The van der Waals surface area contributed by atoms with Crippen molar-refractivity contribution in [2.45, 2.75) is 61.3 Å². The number of anilines is 1. The molecule has 0 bridgehead atoms. The molecule has 0 aliphatic rings. The summed E-state index contributed by atoms with van der Waals surface area (Å²) in [6, 6.07) is 24.8. The van der Waals surface area contributed by atoms with Gasteiger partial charge in [-0.3, -0.25) is 10.3 Å². The maximum Gasteiger partial charge on any atom is 0.0636 e. The molecule has 0 aliphatic heterocycles. The van der Waals surface area contributed by atoms with Gasteiger partial charge in [0.05, 0.1) is 12.8 Å². The molecule has 0 unspecified atom stereocenters. The van der Waals surface area contributed by atoms with E-state index in [2.05, 4.69) is 75.8 Å². The predicted octanol–water partition coefficient (Wildman–Crippen LogP) is 9.64. The van der Waals surface area contributed by atoms with E-state index in [4.69, 9.17) is 4.84 Å². The Labute approximate surface area is 210 Å². The van der Waals surface area contributed by atoms with Crippen LogP contribution in [0.5, 0.6) is 0 Å². The van der Waals surface area contributed by atoms with E-state index in [0.29, 0.717) is 0 Å². The van der Waals surface area contributed by atoms with Crippen LogP contribution in [0.2, 0.25) is 0 Å². The Balaban J connectivity index is 0. The Hall–Kier alpha value is -3.10. The minimum absolute atomic E-state index is 0.959. The largest absolute Gasteiger partial charge is 0.279 e. The molecular formula is C32H47NO. The van der Waals surface area contributed by atoms with Gasteiger partial charge in [0.25, 0.3) is 0 Å². The molecule has 2 heteroatoms. The van der Waals surface area contributed by atoms with E-state index in [0.717, 1.165) is 24.1 Å². The van der Waals surface area contributed by atoms with Gasteiger partial charge in [-0.1, -0.05) is 114 Å². The van der Waals surface area contributed by atoms with Crippen LogP contribution >= 0.6 is 0 Å². The van der Waals surface area contributed by atoms with Gasteiger partial charge in [0.2, 0.25) is 0 Å². The van der Waals surface area contributed by atoms with Crippen molar-refractivity contribution in [1.29, 1.82) is 0 Å². The third-order valence-corrected chi connectivity index (χ3v) is 4.62. The van der Waals surface area contributed by atoms with E-state index in [1.807, 2.05) is 76.2 Å². The number of hydrogen-bond acceptors (Lipinski definition) is 2. The van der Waals surface area contributed by atoms with Crippen LogP contribution < -0.4 is 5.48 Å². The summed E-state index contributed by atoms with van der Waals surface area (Å²) in [6.07, 6.45) is 5.88. The Morgan fingerprint density at radius 2 is 1.29 bits per heavy atom. The van der Waals surface area contributed by atoms with Crippen LogP contribution in [0.4, 0.5) is 5.69 Å². The number of hydrogen-bond donors (Lipinski definition) is 1.